The van der Waals surface area contributed by atoms with Crippen LogP contribution in [0.25, 0.3) is 0 Å². The van der Waals surface area contributed by atoms with Crippen molar-refractivity contribution >= 4 is 15.7 Å². The lowest BCUT2D eigenvalue weighted by Crippen LogP contribution is -2.12. The fourth-order valence-electron chi connectivity index (χ4n) is 2.10. The van der Waals surface area contributed by atoms with Crippen LogP contribution in [0.5, 0.6) is 0 Å². The van der Waals surface area contributed by atoms with Crippen LogP contribution in [0, 0.1) is 11.8 Å². The average molecular weight is 333 g/mol. The minimum atomic E-state index is -3.57. The molecule has 3 rings (SSSR count). The van der Waals surface area contributed by atoms with Gasteiger partial charge in [-0.1, -0.05) is 48.2 Å². The van der Waals surface area contributed by atoms with Crippen molar-refractivity contribution in [2.45, 2.75) is 4.90 Å². The molecule has 0 aliphatic heterocycles. The van der Waals surface area contributed by atoms with Crippen LogP contribution in [0.2, 0.25) is 0 Å². The van der Waals surface area contributed by atoms with Crippen molar-refractivity contribution < 1.29 is 8.42 Å². The Balaban J connectivity index is 1.75. The Morgan fingerprint density at radius 1 is 0.625 bits per heavy atom. The summed E-state index contributed by atoms with van der Waals surface area (Å²) in [6, 6.07) is 25.0. The third kappa shape index (κ3) is 4.03. The predicted octanol–water partition coefficient (Wildman–Crippen LogP) is 3.89. The van der Waals surface area contributed by atoms with Crippen LogP contribution in [0.15, 0.2) is 89.8 Å². The molecule has 118 valence electrons. The standard InChI is InChI=1S/C20H15NO2S/c22-24(23,20-9-5-2-6-10-20)21-19-15-13-18(14-16-19)12-11-17-7-3-1-4-8-17/h1-10,13-16,21H. The van der Waals surface area contributed by atoms with E-state index in [2.05, 4.69) is 16.6 Å². The molecule has 4 heteroatoms. The minimum absolute atomic E-state index is 0.234. The minimum Gasteiger partial charge on any atom is -0.280 e. The summed E-state index contributed by atoms with van der Waals surface area (Å²) in [4.78, 5) is 0.234. The van der Waals surface area contributed by atoms with E-state index in [0.29, 0.717) is 5.69 Å². The second-order valence-electron chi connectivity index (χ2n) is 5.11. The van der Waals surface area contributed by atoms with Crippen molar-refractivity contribution in [2.75, 3.05) is 4.72 Å². The van der Waals surface area contributed by atoms with Crippen LogP contribution in [0.4, 0.5) is 5.69 Å². The number of anilines is 1. The van der Waals surface area contributed by atoms with Crippen LogP contribution < -0.4 is 4.72 Å². The molecule has 1 N–H and O–H groups in total. The second-order valence-corrected chi connectivity index (χ2v) is 6.79. The van der Waals surface area contributed by atoms with E-state index in [9.17, 15) is 8.42 Å². The van der Waals surface area contributed by atoms with Crippen LogP contribution >= 0.6 is 0 Å². The smallest absolute Gasteiger partial charge is 0.261 e. The van der Waals surface area contributed by atoms with Crippen LogP contribution in [-0.4, -0.2) is 8.42 Å². The first-order valence-electron chi connectivity index (χ1n) is 7.38. The maximum absolute atomic E-state index is 12.3. The van der Waals surface area contributed by atoms with E-state index >= 15 is 0 Å². The largest absolute Gasteiger partial charge is 0.280 e. The molecule has 0 aromatic heterocycles. The third-order valence-electron chi connectivity index (χ3n) is 3.32. The average Bonchev–Trinajstić information content (AvgIpc) is 2.62. The van der Waals surface area contributed by atoms with E-state index in [1.54, 1.807) is 54.6 Å². The molecular weight excluding hydrogens is 318 g/mol. The summed E-state index contributed by atoms with van der Waals surface area (Å²) in [5, 5.41) is 0. The maximum atomic E-state index is 12.3. The van der Waals surface area contributed by atoms with Gasteiger partial charge in [-0.05, 0) is 48.5 Å². The molecule has 0 radical (unpaired) electrons. The summed E-state index contributed by atoms with van der Waals surface area (Å²) in [5.74, 6) is 6.12. The number of benzene rings is 3. The molecule has 0 unspecified atom stereocenters. The molecule has 0 spiro atoms. The fourth-order valence-corrected chi connectivity index (χ4v) is 3.18. The van der Waals surface area contributed by atoms with Gasteiger partial charge in [0.1, 0.15) is 0 Å². The first-order chi connectivity index (χ1) is 11.6. The first-order valence-corrected chi connectivity index (χ1v) is 8.87. The Labute approximate surface area is 142 Å². The lowest BCUT2D eigenvalue weighted by molar-refractivity contribution is 0.601. The monoisotopic (exact) mass is 333 g/mol. The van der Waals surface area contributed by atoms with Crippen molar-refractivity contribution in [2.24, 2.45) is 0 Å². The Kier molecular flexibility index (Phi) is 4.64. The lowest BCUT2D eigenvalue weighted by Gasteiger charge is -2.07. The topological polar surface area (TPSA) is 46.2 Å². The van der Waals surface area contributed by atoms with Gasteiger partial charge >= 0.3 is 0 Å². The molecule has 3 nitrogen and oxygen atoms in total. The van der Waals surface area contributed by atoms with E-state index in [4.69, 9.17) is 0 Å². The Bertz CT molecular complexity index is 969. The first kappa shape index (κ1) is 15.9. The van der Waals surface area contributed by atoms with Crippen molar-refractivity contribution in [1.29, 1.82) is 0 Å². The van der Waals surface area contributed by atoms with Crippen molar-refractivity contribution in [3.8, 4) is 11.8 Å². The number of nitrogens with one attached hydrogen (secondary N) is 1. The quantitative estimate of drug-likeness (QED) is 0.739. The van der Waals surface area contributed by atoms with Gasteiger partial charge in [0.05, 0.1) is 4.90 Å². The van der Waals surface area contributed by atoms with Gasteiger partial charge in [-0.2, -0.15) is 0 Å². The van der Waals surface area contributed by atoms with Gasteiger partial charge in [0.2, 0.25) is 0 Å². The summed E-state index contributed by atoms with van der Waals surface area (Å²) in [5.41, 5.74) is 2.26. The normalized spacial score (nSPS) is 10.5. The van der Waals surface area contributed by atoms with Crippen LogP contribution in [0.1, 0.15) is 11.1 Å². The van der Waals surface area contributed by atoms with Gasteiger partial charge in [-0.3, -0.25) is 4.72 Å². The van der Waals surface area contributed by atoms with Crippen LogP contribution in [-0.2, 0) is 10.0 Å². The van der Waals surface area contributed by atoms with E-state index < -0.39 is 10.0 Å². The van der Waals surface area contributed by atoms with Crippen molar-refractivity contribution in [3.63, 3.8) is 0 Å². The summed E-state index contributed by atoms with van der Waals surface area (Å²) < 4.78 is 27.1. The van der Waals surface area contributed by atoms with Gasteiger partial charge < -0.3 is 0 Å². The molecule has 0 heterocycles. The zero-order chi connectivity index (χ0) is 16.8. The molecule has 0 saturated heterocycles. The zero-order valence-corrected chi connectivity index (χ0v) is 13.6. The van der Waals surface area contributed by atoms with E-state index in [1.807, 2.05) is 30.3 Å². The highest BCUT2D eigenvalue weighted by Crippen LogP contribution is 2.16. The third-order valence-corrected chi connectivity index (χ3v) is 4.71. The maximum Gasteiger partial charge on any atom is 0.261 e. The highest BCUT2D eigenvalue weighted by molar-refractivity contribution is 7.92. The lowest BCUT2D eigenvalue weighted by atomic mass is 10.2. The Morgan fingerprint density at radius 3 is 1.71 bits per heavy atom. The van der Waals surface area contributed by atoms with Gasteiger partial charge in [0, 0.05) is 16.8 Å². The van der Waals surface area contributed by atoms with Crippen molar-refractivity contribution in [3.05, 3.63) is 96.1 Å². The second kappa shape index (κ2) is 7.03. The summed E-state index contributed by atoms with van der Waals surface area (Å²) in [6.45, 7) is 0. The van der Waals surface area contributed by atoms with Gasteiger partial charge in [0.15, 0.2) is 0 Å². The highest BCUT2D eigenvalue weighted by atomic mass is 32.2. The number of hydrogen-bond acceptors (Lipinski definition) is 2. The molecule has 3 aromatic rings. The summed E-state index contributed by atoms with van der Waals surface area (Å²) >= 11 is 0. The Hall–Kier alpha value is -3.03. The molecule has 3 aromatic carbocycles. The highest BCUT2D eigenvalue weighted by Gasteiger charge is 2.12. The number of sulfonamides is 1. The summed E-state index contributed by atoms with van der Waals surface area (Å²) in [7, 11) is -3.57. The predicted molar refractivity (Wildman–Crippen MR) is 96.1 cm³/mol. The van der Waals surface area contributed by atoms with E-state index in [1.165, 1.54) is 0 Å². The molecule has 0 atom stereocenters. The number of hydrogen-bond donors (Lipinski definition) is 1. The molecule has 24 heavy (non-hydrogen) atoms. The van der Waals surface area contributed by atoms with Gasteiger partial charge in [-0.15, -0.1) is 0 Å². The van der Waals surface area contributed by atoms with Crippen LogP contribution in [0.3, 0.4) is 0 Å². The molecule has 0 saturated carbocycles. The number of rotatable bonds is 3. The van der Waals surface area contributed by atoms with Crippen molar-refractivity contribution in [1.82, 2.24) is 0 Å². The molecule has 0 bridgehead atoms. The van der Waals surface area contributed by atoms with Gasteiger partial charge in [-0.25, -0.2) is 8.42 Å². The summed E-state index contributed by atoms with van der Waals surface area (Å²) in [6.07, 6.45) is 0. The Morgan fingerprint density at radius 2 is 1.12 bits per heavy atom. The molecule has 0 amide bonds. The van der Waals surface area contributed by atoms with Gasteiger partial charge in [0.25, 0.3) is 10.0 Å². The SMILES string of the molecule is O=S(=O)(Nc1ccc(C#Cc2ccccc2)cc1)c1ccccc1. The van der Waals surface area contributed by atoms with E-state index in [-0.39, 0.29) is 4.90 Å². The molecule has 0 fully saturated rings. The fraction of sp³-hybridized carbons (Fsp3) is 0. The zero-order valence-electron chi connectivity index (χ0n) is 12.8. The molecule has 0 aliphatic rings. The molecule has 0 aliphatic carbocycles. The molecular formula is C20H15NO2S. The van der Waals surface area contributed by atoms with E-state index in [0.717, 1.165) is 11.1 Å².